The van der Waals surface area contributed by atoms with Gasteiger partial charge in [0, 0.05) is 49.1 Å². The van der Waals surface area contributed by atoms with E-state index in [1.165, 1.54) is 0 Å². The zero-order chi connectivity index (χ0) is 15.7. The molecule has 120 valence electrons. The molecule has 0 aromatic heterocycles. The molecule has 4 saturated heterocycles. The second-order valence-electron chi connectivity index (χ2n) is 7.82. The molecule has 1 aromatic rings. The van der Waals surface area contributed by atoms with Crippen LogP contribution in [0.15, 0.2) is 24.3 Å². The molecule has 0 spiro atoms. The van der Waals surface area contributed by atoms with E-state index < -0.39 is 5.23 Å². The number of nitrogens with zero attached hydrogens (tertiary/aromatic N) is 2. The van der Waals surface area contributed by atoms with Gasteiger partial charge >= 0.3 is 0 Å². The largest absolute Gasteiger partial charge is 0.595 e. The molecule has 4 aliphatic rings. The van der Waals surface area contributed by atoms with Crippen molar-refractivity contribution in [2.75, 3.05) is 26.2 Å². The van der Waals surface area contributed by atoms with Gasteiger partial charge in [0.15, 0.2) is 5.69 Å². The Labute approximate surface area is 130 Å². The van der Waals surface area contributed by atoms with Gasteiger partial charge in [-0.15, -0.1) is 0 Å². The number of quaternary nitrogens is 1. The Hall–Kier alpha value is -1.02. The standard InChI is InChI=1S/C16H23N3O3/c1-15-7-17-9-16(2,14(15)20)10-18(8-15)13(17)11-4-3-5-12(6-11)19(21)22/h3-6,13-14,19-21H,7-10H2,1-2H3. The van der Waals surface area contributed by atoms with E-state index in [9.17, 15) is 15.5 Å². The van der Waals surface area contributed by atoms with Crippen LogP contribution < -0.4 is 5.23 Å². The SMILES string of the molecule is CC12CN3CC(C)(CN(C1)C3c1cccc([NH+]([O-])O)c1)C2O. The molecule has 0 radical (unpaired) electrons. The Bertz CT molecular complexity index is 568. The molecule has 0 saturated carbocycles. The lowest BCUT2D eigenvalue weighted by Gasteiger charge is -2.68. The van der Waals surface area contributed by atoms with Crippen LogP contribution in [0.4, 0.5) is 5.69 Å². The van der Waals surface area contributed by atoms with E-state index in [1.807, 2.05) is 12.1 Å². The monoisotopic (exact) mass is 305 g/mol. The van der Waals surface area contributed by atoms with Crippen LogP contribution in [0.2, 0.25) is 0 Å². The third-order valence-corrected chi connectivity index (χ3v) is 5.70. The highest BCUT2D eigenvalue weighted by Gasteiger charge is 2.61. The molecule has 6 nitrogen and oxygen atoms in total. The van der Waals surface area contributed by atoms with E-state index in [0.717, 1.165) is 31.7 Å². The number of aliphatic hydroxyl groups is 1. The number of benzene rings is 1. The van der Waals surface area contributed by atoms with Crippen molar-refractivity contribution in [2.24, 2.45) is 10.8 Å². The molecule has 4 fully saturated rings. The van der Waals surface area contributed by atoms with Crippen LogP contribution in [0.5, 0.6) is 0 Å². The van der Waals surface area contributed by atoms with Crippen LogP contribution >= 0.6 is 0 Å². The summed E-state index contributed by atoms with van der Waals surface area (Å²) in [5.74, 6) is 0. The second-order valence-corrected chi connectivity index (χ2v) is 7.82. The Morgan fingerprint density at radius 1 is 1.14 bits per heavy atom. The normalized spacial score (nSPS) is 47.7. The molecular weight excluding hydrogens is 282 g/mol. The molecule has 5 rings (SSSR count). The van der Waals surface area contributed by atoms with Gasteiger partial charge in [-0.05, 0) is 5.56 Å². The van der Waals surface area contributed by atoms with E-state index in [2.05, 4.69) is 23.6 Å². The summed E-state index contributed by atoms with van der Waals surface area (Å²) in [5.41, 5.74) is 1.20. The van der Waals surface area contributed by atoms with E-state index in [0.29, 0.717) is 5.69 Å². The number of aliphatic hydroxyl groups excluding tert-OH is 1. The highest BCUT2D eigenvalue weighted by Crippen LogP contribution is 2.54. The zero-order valence-electron chi connectivity index (χ0n) is 13.0. The van der Waals surface area contributed by atoms with Gasteiger partial charge in [0.1, 0.15) is 0 Å². The smallest absolute Gasteiger partial charge is 0.164 e. The first-order valence-electron chi connectivity index (χ1n) is 7.82. The van der Waals surface area contributed by atoms with Gasteiger partial charge in [-0.2, -0.15) is 5.23 Å². The van der Waals surface area contributed by atoms with Crippen LogP contribution in [-0.2, 0) is 0 Å². The molecular formula is C16H23N3O3. The van der Waals surface area contributed by atoms with Crippen molar-refractivity contribution in [1.82, 2.24) is 9.80 Å². The van der Waals surface area contributed by atoms with E-state index in [-0.39, 0.29) is 23.1 Å². The third-order valence-electron chi connectivity index (χ3n) is 5.70. The van der Waals surface area contributed by atoms with Crippen molar-refractivity contribution in [3.05, 3.63) is 35.0 Å². The predicted octanol–water partition coefficient (Wildman–Crippen LogP) is 0.107. The van der Waals surface area contributed by atoms with Gasteiger partial charge < -0.3 is 10.3 Å². The van der Waals surface area contributed by atoms with Crippen LogP contribution in [0.25, 0.3) is 0 Å². The van der Waals surface area contributed by atoms with Gasteiger partial charge in [0.25, 0.3) is 0 Å². The van der Waals surface area contributed by atoms with Crippen molar-refractivity contribution in [3.63, 3.8) is 0 Å². The maximum atomic E-state index is 11.2. The number of nitrogens with one attached hydrogen (secondary N) is 1. The Morgan fingerprint density at radius 3 is 2.18 bits per heavy atom. The van der Waals surface area contributed by atoms with Crippen molar-refractivity contribution in [1.29, 1.82) is 0 Å². The highest BCUT2D eigenvalue weighted by molar-refractivity contribution is 5.36. The summed E-state index contributed by atoms with van der Waals surface area (Å²) < 4.78 is 0. The van der Waals surface area contributed by atoms with Gasteiger partial charge in [0.2, 0.25) is 0 Å². The van der Waals surface area contributed by atoms with Gasteiger partial charge in [-0.25, -0.2) is 5.21 Å². The Balaban J connectivity index is 1.71. The number of piperidine rings is 2. The molecule has 4 aliphatic heterocycles. The molecule has 6 heteroatoms. The molecule has 1 aromatic carbocycles. The van der Waals surface area contributed by atoms with E-state index in [1.54, 1.807) is 12.1 Å². The van der Waals surface area contributed by atoms with Crippen molar-refractivity contribution < 1.29 is 15.5 Å². The Morgan fingerprint density at radius 2 is 1.68 bits per heavy atom. The minimum absolute atomic E-state index is 0.0911. The summed E-state index contributed by atoms with van der Waals surface area (Å²) in [7, 11) is 0. The molecule has 0 aliphatic carbocycles. The van der Waals surface area contributed by atoms with E-state index >= 15 is 0 Å². The molecule has 22 heavy (non-hydrogen) atoms. The number of rotatable bonds is 2. The first-order valence-corrected chi connectivity index (χ1v) is 7.82. The fourth-order valence-electron chi connectivity index (χ4n) is 5.09. The van der Waals surface area contributed by atoms with Crippen molar-refractivity contribution in [3.8, 4) is 0 Å². The number of hydrogen-bond donors (Lipinski definition) is 3. The first-order chi connectivity index (χ1) is 10.3. The summed E-state index contributed by atoms with van der Waals surface area (Å²) in [5, 5.41) is 30.2. The quantitative estimate of drug-likeness (QED) is 0.676. The van der Waals surface area contributed by atoms with Gasteiger partial charge in [-0.3, -0.25) is 9.80 Å². The highest BCUT2D eigenvalue weighted by atomic mass is 16.8. The minimum Gasteiger partial charge on any atom is -0.595 e. The molecule has 4 heterocycles. The lowest BCUT2D eigenvalue weighted by molar-refractivity contribution is -0.991. The molecule has 0 amide bonds. The summed E-state index contributed by atoms with van der Waals surface area (Å²) in [6.45, 7) is 7.78. The summed E-state index contributed by atoms with van der Waals surface area (Å²) in [6, 6.07) is 7.26. The first kappa shape index (κ1) is 14.6. The van der Waals surface area contributed by atoms with Crippen molar-refractivity contribution in [2.45, 2.75) is 26.1 Å². The lowest BCUT2D eigenvalue weighted by atomic mass is 9.60. The molecule has 1 unspecified atom stereocenters. The molecule has 4 bridgehead atoms. The van der Waals surface area contributed by atoms with E-state index in [4.69, 9.17) is 0 Å². The summed E-state index contributed by atoms with van der Waals surface area (Å²) in [4.78, 5) is 4.81. The summed E-state index contributed by atoms with van der Waals surface area (Å²) >= 11 is 0. The van der Waals surface area contributed by atoms with Crippen LogP contribution in [0, 0.1) is 16.0 Å². The average Bonchev–Trinajstić information content (AvgIpc) is 2.43. The molecule has 1 atom stereocenters. The average molecular weight is 305 g/mol. The molecule has 3 N–H and O–H groups in total. The van der Waals surface area contributed by atoms with Gasteiger partial charge in [-0.1, -0.05) is 26.0 Å². The maximum absolute atomic E-state index is 11.2. The Kier molecular flexibility index (Phi) is 2.98. The fraction of sp³-hybridized carbons (Fsp3) is 0.625. The third kappa shape index (κ3) is 1.89. The van der Waals surface area contributed by atoms with Crippen LogP contribution in [0.1, 0.15) is 25.6 Å². The van der Waals surface area contributed by atoms with Crippen LogP contribution in [-0.4, -0.2) is 52.4 Å². The van der Waals surface area contributed by atoms with Crippen molar-refractivity contribution >= 4 is 5.69 Å². The summed E-state index contributed by atoms with van der Waals surface area (Å²) in [6.07, 6.45) is -0.133. The number of hydrogen-bond acceptors (Lipinski definition) is 5. The fourth-order valence-corrected chi connectivity index (χ4v) is 5.09. The lowest BCUT2D eigenvalue weighted by Crippen LogP contribution is -2.99. The minimum atomic E-state index is -0.884. The van der Waals surface area contributed by atoms with Crippen LogP contribution in [0.3, 0.4) is 0 Å². The van der Waals surface area contributed by atoms with Gasteiger partial charge in [0.05, 0.1) is 12.3 Å². The topological polar surface area (TPSA) is 74.4 Å². The maximum Gasteiger partial charge on any atom is 0.164 e. The zero-order valence-corrected chi connectivity index (χ0v) is 13.0. The second kappa shape index (κ2) is 4.50. The predicted molar refractivity (Wildman–Crippen MR) is 80.3 cm³/mol.